The first kappa shape index (κ1) is 24.6. The molecule has 1 N–H and O–H groups in total. The third-order valence-electron chi connectivity index (χ3n) is 5.74. The number of carbonyl (C=O) groups is 2. The Morgan fingerprint density at radius 3 is 2.21 bits per heavy atom. The van der Waals surface area contributed by atoms with Gasteiger partial charge >= 0.3 is 0 Å². The van der Waals surface area contributed by atoms with Gasteiger partial charge in [0.2, 0.25) is 11.8 Å². The average Bonchev–Trinajstić information content (AvgIpc) is 2.83. The average molecular weight is 461 g/mol. The first-order chi connectivity index (χ1) is 16.0. The Labute approximate surface area is 201 Å². The van der Waals surface area contributed by atoms with Crippen molar-refractivity contribution in [2.24, 2.45) is 0 Å². The highest BCUT2D eigenvalue weighted by Crippen LogP contribution is 2.20. The smallest absolute Gasteiger partial charge is 0.242 e. The summed E-state index contributed by atoms with van der Waals surface area (Å²) in [5, 5.41) is 2.77. The van der Waals surface area contributed by atoms with E-state index in [1.54, 1.807) is 23.7 Å². The zero-order valence-electron chi connectivity index (χ0n) is 19.6. The van der Waals surface area contributed by atoms with E-state index in [0.29, 0.717) is 18.7 Å². The van der Waals surface area contributed by atoms with E-state index < -0.39 is 6.04 Å². The lowest BCUT2D eigenvalue weighted by atomic mass is 10.0. The van der Waals surface area contributed by atoms with Gasteiger partial charge in [-0.05, 0) is 36.1 Å². The number of carbonyl (C=O) groups excluding carboxylic acids is 2. The molecule has 4 nitrogen and oxygen atoms in total. The van der Waals surface area contributed by atoms with Gasteiger partial charge in [0.15, 0.2) is 0 Å². The van der Waals surface area contributed by atoms with Crippen LogP contribution in [0.5, 0.6) is 0 Å². The first-order valence-corrected chi connectivity index (χ1v) is 12.4. The van der Waals surface area contributed by atoms with Gasteiger partial charge in [0.05, 0.1) is 5.75 Å². The number of likely N-dealkylation sites (N-methyl/N-ethyl adjacent to an activating group) is 1. The summed E-state index contributed by atoms with van der Waals surface area (Å²) >= 11 is 1.59. The molecule has 0 aliphatic heterocycles. The Morgan fingerprint density at radius 2 is 1.55 bits per heavy atom. The Bertz CT molecular complexity index is 1050. The molecule has 0 aliphatic carbocycles. The number of hydrogen-bond acceptors (Lipinski definition) is 3. The van der Waals surface area contributed by atoms with Gasteiger partial charge in [-0.25, -0.2) is 0 Å². The quantitative estimate of drug-likeness (QED) is 0.467. The van der Waals surface area contributed by atoms with Crippen molar-refractivity contribution in [3.8, 4) is 0 Å². The molecule has 2 amide bonds. The molecule has 3 aromatic rings. The van der Waals surface area contributed by atoms with Crippen molar-refractivity contribution >= 4 is 23.6 Å². The number of thioether (sulfide) groups is 1. The Balaban J connectivity index is 1.80. The zero-order chi connectivity index (χ0) is 23.6. The SMILES string of the molecule is CNC(=O)[C@@H](Cc1ccccc1)N(Cc1ccc(C)cc1)C(=O)CSCc1ccccc1C. The van der Waals surface area contributed by atoms with E-state index in [1.807, 2.05) is 73.7 Å². The highest BCUT2D eigenvalue weighted by Gasteiger charge is 2.29. The van der Waals surface area contributed by atoms with Crippen molar-refractivity contribution in [3.63, 3.8) is 0 Å². The highest BCUT2D eigenvalue weighted by molar-refractivity contribution is 7.99. The molecule has 0 heterocycles. The number of nitrogens with zero attached hydrogens (tertiary/aromatic N) is 1. The van der Waals surface area contributed by atoms with Crippen LogP contribution in [0.1, 0.15) is 27.8 Å². The maximum Gasteiger partial charge on any atom is 0.242 e. The van der Waals surface area contributed by atoms with Crippen molar-refractivity contribution < 1.29 is 9.59 Å². The van der Waals surface area contributed by atoms with Crippen LogP contribution in [-0.2, 0) is 28.3 Å². The number of nitrogens with one attached hydrogen (secondary N) is 1. The standard InChI is InChI=1S/C28H32N2O2S/c1-21-13-15-24(16-14-21)18-30(26(28(32)29-3)17-23-10-5-4-6-11-23)27(31)20-33-19-25-12-8-7-9-22(25)2/h4-16,26H,17-20H2,1-3H3,(H,29,32)/t26-/m1/s1. The molecule has 0 radical (unpaired) electrons. The largest absolute Gasteiger partial charge is 0.357 e. The second-order valence-electron chi connectivity index (χ2n) is 8.25. The fourth-order valence-electron chi connectivity index (χ4n) is 3.71. The van der Waals surface area contributed by atoms with Crippen molar-refractivity contribution in [2.75, 3.05) is 12.8 Å². The van der Waals surface area contributed by atoms with E-state index in [0.717, 1.165) is 22.4 Å². The molecule has 0 aromatic heterocycles. The number of hydrogen-bond donors (Lipinski definition) is 1. The van der Waals surface area contributed by atoms with Crippen molar-refractivity contribution in [1.29, 1.82) is 0 Å². The Hall–Kier alpha value is -3.05. The molecule has 0 aliphatic rings. The van der Waals surface area contributed by atoms with Crippen molar-refractivity contribution in [3.05, 3.63) is 107 Å². The molecule has 33 heavy (non-hydrogen) atoms. The Morgan fingerprint density at radius 1 is 0.879 bits per heavy atom. The molecule has 5 heteroatoms. The van der Waals surface area contributed by atoms with Gasteiger partial charge < -0.3 is 10.2 Å². The van der Waals surface area contributed by atoms with Crippen LogP contribution in [-0.4, -0.2) is 35.6 Å². The minimum absolute atomic E-state index is 0.0290. The summed E-state index contributed by atoms with van der Waals surface area (Å²) in [6.45, 7) is 4.52. The van der Waals surface area contributed by atoms with Crippen LogP contribution in [0, 0.1) is 13.8 Å². The van der Waals surface area contributed by atoms with E-state index in [-0.39, 0.29) is 11.8 Å². The number of aryl methyl sites for hydroxylation is 2. The van der Waals surface area contributed by atoms with Crippen LogP contribution < -0.4 is 5.32 Å². The third-order valence-corrected chi connectivity index (χ3v) is 6.70. The van der Waals surface area contributed by atoms with Crippen LogP contribution in [0.25, 0.3) is 0 Å². The van der Waals surface area contributed by atoms with Crippen molar-refractivity contribution in [2.45, 2.75) is 38.6 Å². The second kappa shape index (κ2) is 12.3. The van der Waals surface area contributed by atoms with E-state index in [9.17, 15) is 9.59 Å². The lowest BCUT2D eigenvalue weighted by Crippen LogP contribution is -2.50. The van der Waals surface area contributed by atoms with Gasteiger partial charge in [0.1, 0.15) is 6.04 Å². The first-order valence-electron chi connectivity index (χ1n) is 11.2. The molecule has 0 fully saturated rings. The van der Waals surface area contributed by atoms with E-state index >= 15 is 0 Å². The van der Waals surface area contributed by atoms with Crippen LogP contribution in [0.4, 0.5) is 0 Å². The van der Waals surface area contributed by atoms with Crippen LogP contribution >= 0.6 is 11.8 Å². The second-order valence-corrected chi connectivity index (χ2v) is 9.23. The summed E-state index contributed by atoms with van der Waals surface area (Å²) in [6, 6.07) is 25.7. The predicted molar refractivity (Wildman–Crippen MR) is 137 cm³/mol. The molecule has 0 unspecified atom stereocenters. The molecule has 172 valence electrons. The molecule has 1 atom stereocenters. The minimum atomic E-state index is -0.578. The summed E-state index contributed by atoms with van der Waals surface area (Å²) in [4.78, 5) is 28.1. The molecular weight excluding hydrogens is 428 g/mol. The topological polar surface area (TPSA) is 49.4 Å². The summed E-state index contributed by atoms with van der Waals surface area (Å²) in [5.41, 5.74) is 5.66. The lowest BCUT2D eigenvalue weighted by molar-refractivity contribution is -0.139. The van der Waals surface area contributed by atoms with E-state index in [2.05, 4.69) is 24.4 Å². The third kappa shape index (κ3) is 7.22. The monoisotopic (exact) mass is 460 g/mol. The summed E-state index contributed by atoms with van der Waals surface area (Å²) in [6.07, 6.45) is 0.473. The molecule has 3 rings (SSSR count). The van der Waals surface area contributed by atoms with Gasteiger partial charge in [0.25, 0.3) is 0 Å². The summed E-state index contributed by atoms with van der Waals surface area (Å²) < 4.78 is 0. The van der Waals surface area contributed by atoms with Gasteiger partial charge in [-0.3, -0.25) is 9.59 Å². The highest BCUT2D eigenvalue weighted by atomic mass is 32.2. The van der Waals surface area contributed by atoms with Crippen LogP contribution in [0.3, 0.4) is 0 Å². The van der Waals surface area contributed by atoms with Crippen LogP contribution in [0.2, 0.25) is 0 Å². The molecule has 0 spiro atoms. The lowest BCUT2D eigenvalue weighted by Gasteiger charge is -2.31. The molecule has 0 bridgehead atoms. The minimum Gasteiger partial charge on any atom is -0.357 e. The van der Waals surface area contributed by atoms with Gasteiger partial charge in [-0.2, -0.15) is 0 Å². The fourth-order valence-corrected chi connectivity index (χ4v) is 4.70. The molecule has 0 saturated heterocycles. The predicted octanol–water partition coefficient (Wildman–Crippen LogP) is 4.92. The molecule has 0 saturated carbocycles. The summed E-state index contributed by atoms with van der Waals surface area (Å²) in [7, 11) is 1.63. The van der Waals surface area contributed by atoms with Gasteiger partial charge in [0, 0.05) is 25.8 Å². The van der Waals surface area contributed by atoms with E-state index in [4.69, 9.17) is 0 Å². The van der Waals surface area contributed by atoms with Crippen LogP contribution in [0.15, 0.2) is 78.9 Å². The number of amides is 2. The molecule has 3 aromatic carbocycles. The maximum atomic E-state index is 13.5. The van der Waals surface area contributed by atoms with E-state index in [1.165, 1.54) is 11.1 Å². The van der Waals surface area contributed by atoms with Gasteiger partial charge in [-0.15, -0.1) is 11.8 Å². The van der Waals surface area contributed by atoms with Crippen molar-refractivity contribution in [1.82, 2.24) is 10.2 Å². The molecular formula is C28H32N2O2S. The van der Waals surface area contributed by atoms with Gasteiger partial charge in [-0.1, -0.05) is 84.4 Å². The number of rotatable bonds is 10. The zero-order valence-corrected chi connectivity index (χ0v) is 20.4. The Kier molecular flexibility index (Phi) is 9.14. The fraction of sp³-hybridized carbons (Fsp3) is 0.286. The maximum absolute atomic E-state index is 13.5. The summed E-state index contributed by atoms with van der Waals surface area (Å²) in [5.74, 6) is 0.907. The number of benzene rings is 3. The normalized spacial score (nSPS) is 11.6.